The van der Waals surface area contributed by atoms with E-state index < -0.39 is 0 Å². The molecule has 1 unspecified atom stereocenters. The highest BCUT2D eigenvalue weighted by Gasteiger charge is 2.16. The van der Waals surface area contributed by atoms with Gasteiger partial charge in [0.2, 0.25) is 0 Å². The molecule has 1 aromatic carbocycles. The van der Waals surface area contributed by atoms with Crippen molar-refractivity contribution in [3.05, 3.63) is 28.8 Å². The average molecular weight is 197 g/mol. The summed E-state index contributed by atoms with van der Waals surface area (Å²) in [7, 11) is 0. The molecule has 0 radical (unpaired) electrons. The zero-order valence-corrected chi connectivity index (χ0v) is 8.14. The number of anilines is 1. The molecule has 1 fully saturated rings. The van der Waals surface area contributed by atoms with Gasteiger partial charge >= 0.3 is 0 Å². The summed E-state index contributed by atoms with van der Waals surface area (Å²) >= 11 is 5.94. The average Bonchev–Trinajstić information content (AvgIpc) is 2.62. The Labute approximate surface area is 83.1 Å². The zero-order chi connectivity index (χ0) is 9.26. The van der Waals surface area contributed by atoms with E-state index in [1.165, 1.54) is 18.4 Å². The lowest BCUT2D eigenvalue weighted by Crippen LogP contribution is -2.12. The lowest BCUT2D eigenvalue weighted by atomic mass is 10.1. The molecular weight excluding hydrogens is 184 g/mol. The quantitative estimate of drug-likeness (QED) is 0.677. The van der Waals surface area contributed by atoms with Crippen molar-refractivity contribution in [1.82, 2.24) is 5.32 Å². The minimum Gasteiger partial charge on any atom is -0.398 e. The minimum absolute atomic E-state index is 0.470. The van der Waals surface area contributed by atoms with E-state index in [0.29, 0.717) is 16.8 Å². The Morgan fingerprint density at radius 3 is 2.92 bits per heavy atom. The summed E-state index contributed by atoms with van der Waals surface area (Å²) in [6.45, 7) is 1.10. The van der Waals surface area contributed by atoms with E-state index in [9.17, 15) is 0 Å². The highest BCUT2D eigenvalue weighted by molar-refractivity contribution is 6.33. The molecule has 0 saturated carbocycles. The predicted molar refractivity (Wildman–Crippen MR) is 55.8 cm³/mol. The predicted octanol–water partition coefficient (Wildman–Crippen LogP) is 2.35. The van der Waals surface area contributed by atoms with Gasteiger partial charge in [0, 0.05) is 6.04 Å². The molecule has 2 nitrogen and oxygen atoms in total. The van der Waals surface area contributed by atoms with Crippen LogP contribution in [0.3, 0.4) is 0 Å². The fourth-order valence-corrected chi connectivity index (χ4v) is 1.92. The molecule has 3 N–H and O–H groups in total. The number of nitrogens with two attached hydrogens (primary N) is 1. The summed E-state index contributed by atoms with van der Waals surface area (Å²) in [5, 5.41) is 4.08. The lowest BCUT2D eigenvalue weighted by molar-refractivity contribution is 0.648. The normalized spacial score (nSPS) is 22.1. The Hall–Kier alpha value is -0.730. The molecule has 1 aliphatic rings. The van der Waals surface area contributed by atoms with Gasteiger partial charge in [0.15, 0.2) is 0 Å². The number of nitrogen functional groups attached to an aromatic ring is 1. The van der Waals surface area contributed by atoms with E-state index in [0.717, 1.165) is 6.54 Å². The highest BCUT2D eigenvalue weighted by atomic mass is 35.5. The maximum atomic E-state index is 5.94. The Kier molecular flexibility index (Phi) is 2.42. The van der Waals surface area contributed by atoms with Crippen LogP contribution in [0.5, 0.6) is 0 Å². The second-order valence-electron chi connectivity index (χ2n) is 3.43. The number of rotatable bonds is 1. The molecule has 1 atom stereocenters. The third-order valence-corrected chi connectivity index (χ3v) is 2.81. The standard InChI is InChI=1S/C10H13ClN2/c11-8-6-7(3-4-9(8)12)10-2-1-5-13-10/h3-4,6,10,13H,1-2,5,12H2. The van der Waals surface area contributed by atoms with Crippen molar-refractivity contribution >= 4 is 17.3 Å². The van der Waals surface area contributed by atoms with E-state index >= 15 is 0 Å². The topological polar surface area (TPSA) is 38.0 Å². The van der Waals surface area contributed by atoms with Crippen molar-refractivity contribution in [2.24, 2.45) is 0 Å². The van der Waals surface area contributed by atoms with E-state index in [-0.39, 0.29) is 0 Å². The number of halogens is 1. The first-order valence-corrected chi connectivity index (χ1v) is 4.93. The molecule has 1 aliphatic heterocycles. The van der Waals surface area contributed by atoms with Crippen molar-refractivity contribution in [2.45, 2.75) is 18.9 Å². The molecule has 70 valence electrons. The molecule has 0 amide bonds. The first-order chi connectivity index (χ1) is 6.27. The van der Waals surface area contributed by atoms with Crippen LogP contribution in [0.4, 0.5) is 5.69 Å². The number of nitrogens with one attached hydrogen (secondary N) is 1. The number of benzene rings is 1. The summed E-state index contributed by atoms with van der Waals surface area (Å²) in [5.41, 5.74) is 7.54. The van der Waals surface area contributed by atoms with E-state index in [4.69, 9.17) is 17.3 Å². The largest absolute Gasteiger partial charge is 0.398 e. The SMILES string of the molecule is Nc1ccc(C2CCCN2)cc1Cl. The van der Waals surface area contributed by atoms with Crippen molar-refractivity contribution in [2.75, 3.05) is 12.3 Å². The van der Waals surface area contributed by atoms with Gasteiger partial charge in [-0.1, -0.05) is 17.7 Å². The Balaban J connectivity index is 2.25. The maximum Gasteiger partial charge on any atom is 0.0638 e. The number of hydrogen-bond donors (Lipinski definition) is 2. The maximum absolute atomic E-state index is 5.94. The van der Waals surface area contributed by atoms with Gasteiger partial charge in [-0.3, -0.25) is 0 Å². The molecule has 1 heterocycles. The third-order valence-electron chi connectivity index (χ3n) is 2.49. The molecule has 1 aromatic rings. The van der Waals surface area contributed by atoms with Crippen molar-refractivity contribution in [3.8, 4) is 0 Å². The van der Waals surface area contributed by atoms with Gasteiger partial charge in [-0.15, -0.1) is 0 Å². The third kappa shape index (κ3) is 1.79. The van der Waals surface area contributed by atoms with Crippen molar-refractivity contribution < 1.29 is 0 Å². The first kappa shape index (κ1) is 8.85. The van der Waals surface area contributed by atoms with Gasteiger partial charge in [0.1, 0.15) is 0 Å². The fourth-order valence-electron chi connectivity index (χ4n) is 1.73. The van der Waals surface area contributed by atoms with Gasteiger partial charge in [-0.2, -0.15) is 0 Å². The van der Waals surface area contributed by atoms with Gasteiger partial charge < -0.3 is 11.1 Å². The van der Waals surface area contributed by atoms with Crippen LogP contribution in [0, 0.1) is 0 Å². The summed E-state index contributed by atoms with van der Waals surface area (Å²) in [6, 6.07) is 6.35. The van der Waals surface area contributed by atoms with Crippen LogP contribution in [0.25, 0.3) is 0 Å². The lowest BCUT2D eigenvalue weighted by Gasteiger charge is -2.11. The zero-order valence-electron chi connectivity index (χ0n) is 7.39. The molecule has 2 rings (SSSR count). The summed E-state index contributed by atoms with van der Waals surface area (Å²) < 4.78 is 0. The van der Waals surface area contributed by atoms with Crippen LogP contribution in [0.2, 0.25) is 5.02 Å². The first-order valence-electron chi connectivity index (χ1n) is 4.55. The van der Waals surface area contributed by atoms with Crippen molar-refractivity contribution in [3.63, 3.8) is 0 Å². The Morgan fingerprint density at radius 2 is 2.31 bits per heavy atom. The molecule has 13 heavy (non-hydrogen) atoms. The minimum atomic E-state index is 0.470. The van der Waals surface area contributed by atoms with E-state index in [2.05, 4.69) is 5.32 Å². The van der Waals surface area contributed by atoms with Crippen LogP contribution >= 0.6 is 11.6 Å². The molecule has 0 bridgehead atoms. The van der Waals surface area contributed by atoms with Crippen LogP contribution < -0.4 is 11.1 Å². The molecule has 3 heteroatoms. The summed E-state index contributed by atoms with van der Waals surface area (Å²) in [4.78, 5) is 0. The van der Waals surface area contributed by atoms with Crippen LogP contribution in [-0.4, -0.2) is 6.54 Å². The molecule has 0 spiro atoms. The summed E-state index contributed by atoms with van der Waals surface area (Å²) in [5.74, 6) is 0. The fraction of sp³-hybridized carbons (Fsp3) is 0.400. The van der Waals surface area contributed by atoms with Gasteiger partial charge in [-0.25, -0.2) is 0 Å². The van der Waals surface area contributed by atoms with Crippen molar-refractivity contribution in [1.29, 1.82) is 0 Å². The second kappa shape index (κ2) is 3.56. The monoisotopic (exact) mass is 196 g/mol. The van der Waals surface area contributed by atoms with Gasteiger partial charge in [0.05, 0.1) is 10.7 Å². The van der Waals surface area contributed by atoms with Crippen LogP contribution in [0.15, 0.2) is 18.2 Å². The number of hydrogen-bond acceptors (Lipinski definition) is 2. The Morgan fingerprint density at radius 1 is 1.46 bits per heavy atom. The summed E-state index contributed by atoms with van der Waals surface area (Å²) in [6.07, 6.45) is 2.44. The Bertz CT molecular complexity index is 306. The van der Waals surface area contributed by atoms with Crippen LogP contribution in [0.1, 0.15) is 24.4 Å². The molecule has 1 saturated heterocycles. The van der Waals surface area contributed by atoms with Gasteiger partial charge in [0.25, 0.3) is 0 Å². The smallest absolute Gasteiger partial charge is 0.0638 e. The molecular formula is C10H13ClN2. The van der Waals surface area contributed by atoms with E-state index in [1.807, 2.05) is 18.2 Å². The second-order valence-corrected chi connectivity index (χ2v) is 3.84. The van der Waals surface area contributed by atoms with Crippen LogP contribution in [-0.2, 0) is 0 Å². The molecule has 0 aliphatic carbocycles. The highest BCUT2D eigenvalue weighted by Crippen LogP contribution is 2.27. The van der Waals surface area contributed by atoms with E-state index in [1.54, 1.807) is 0 Å². The van der Waals surface area contributed by atoms with Gasteiger partial charge in [-0.05, 0) is 37.1 Å². The molecule has 0 aromatic heterocycles.